The van der Waals surface area contributed by atoms with Gasteiger partial charge in [-0.25, -0.2) is 4.39 Å². The van der Waals surface area contributed by atoms with Crippen molar-refractivity contribution in [1.82, 2.24) is 4.90 Å². The van der Waals surface area contributed by atoms with Crippen LogP contribution in [0.3, 0.4) is 0 Å². The Morgan fingerprint density at radius 3 is 2.56 bits per heavy atom. The van der Waals surface area contributed by atoms with Crippen LogP contribution in [-0.2, 0) is 0 Å². The summed E-state index contributed by atoms with van der Waals surface area (Å²) in [4.78, 5) is 13.7. The number of hydrogen-bond donors (Lipinski definition) is 1. The van der Waals surface area contributed by atoms with Crippen LogP contribution < -0.4 is 0 Å². The summed E-state index contributed by atoms with van der Waals surface area (Å²) >= 11 is 0. The van der Waals surface area contributed by atoms with Crippen LogP contribution in [0.2, 0.25) is 0 Å². The molecule has 2 rings (SSSR count). The molecular weight excluding hydrogens is 209 g/mol. The molecule has 86 valence electrons. The minimum Gasteiger partial charge on any atom is -0.508 e. The van der Waals surface area contributed by atoms with E-state index in [1.54, 1.807) is 11.8 Å². The number of carbonyl (C=O) groups is 1. The zero-order valence-corrected chi connectivity index (χ0v) is 9.16. The second-order valence-electron chi connectivity index (χ2n) is 4.12. The monoisotopic (exact) mass is 223 g/mol. The standard InChI is InChI=1S/C12H14FNO2/c1-8-6-9(15)7-10(13)11(8)12(16)14-4-2-3-5-14/h6-7,15H,2-5H2,1H3. The largest absolute Gasteiger partial charge is 0.508 e. The minimum atomic E-state index is -0.644. The highest BCUT2D eigenvalue weighted by molar-refractivity contribution is 5.96. The first-order chi connectivity index (χ1) is 7.59. The summed E-state index contributed by atoms with van der Waals surface area (Å²) in [5, 5.41) is 9.20. The molecule has 1 heterocycles. The van der Waals surface area contributed by atoms with E-state index >= 15 is 0 Å². The van der Waals surface area contributed by atoms with Gasteiger partial charge in [0.2, 0.25) is 0 Å². The van der Waals surface area contributed by atoms with Gasteiger partial charge < -0.3 is 10.0 Å². The van der Waals surface area contributed by atoms with E-state index in [0.29, 0.717) is 18.7 Å². The molecule has 1 aromatic rings. The van der Waals surface area contributed by atoms with E-state index in [0.717, 1.165) is 18.9 Å². The third kappa shape index (κ3) is 1.87. The number of amides is 1. The van der Waals surface area contributed by atoms with Gasteiger partial charge in [0.25, 0.3) is 5.91 Å². The first-order valence-corrected chi connectivity index (χ1v) is 5.38. The van der Waals surface area contributed by atoms with Crippen molar-refractivity contribution >= 4 is 5.91 Å². The van der Waals surface area contributed by atoms with Gasteiger partial charge in [0.1, 0.15) is 11.6 Å². The summed E-state index contributed by atoms with van der Waals surface area (Å²) in [6.07, 6.45) is 1.95. The van der Waals surface area contributed by atoms with Gasteiger partial charge in [-0.3, -0.25) is 4.79 Å². The molecule has 0 unspecified atom stereocenters. The summed E-state index contributed by atoms with van der Waals surface area (Å²) in [5.74, 6) is -1.06. The summed E-state index contributed by atoms with van der Waals surface area (Å²) in [6, 6.07) is 2.39. The van der Waals surface area contributed by atoms with Crippen LogP contribution in [0.1, 0.15) is 28.8 Å². The number of phenols is 1. The molecule has 0 bridgehead atoms. The number of phenolic OH excluding ortho intramolecular Hbond substituents is 1. The van der Waals surface area contributed by atoms with Crippen LogP contribution in [0, 0.1) is 12.7 Å². The lowest BCUT2D eigenvalue weighted by molar-refractivity contribution is 0.0787. The van der Waals surface area contributed by atoms with Crippen LogP contribution in [0.15, 0.2) is 12.1 Å². The molecule has 3 nitrogen and oxygen atoms in total. The summed E-state index contributed by atoms with van der Waals surface area (Å²) in [6.45, 7) is 3.02. The highest BCUT2D eigenvalue weighted by Crippen LogP contribution is 2.23. The Morgan fingerprint density at radius 2 is 2.00 bits per heavy atom. The van der Waals surface area contributed by atoms with Gasteiger partial charge >= 0.3 is 0 Å². The predicted octanol–water partition coefficient (Wildman–Crippen LogP) is 2.08. The number of hydrogen-bond acceptors (Lipinski definition) is 2. The Labute approximate surface area is 93.5 Å². The molecule has 1 aliphatic rings. The first-order valence-electron chi connectivity index (χ1n) is 5.38. The summed E-state index contributed by atoms with van der Waals surface area (Å²) < 4.78 is 13.6. The van der Waals surface area contributed by atoms with Crippen LogP contribution in [0.25, 0.3) is 0 Å². The molecule has 0 spiro atoms. The van der Waals surface area contributed by atoms with Gasteiger partial charge in [-0.15, -0.1) is 0 Å². The maximum absolute atomic E-state index is 13.6. The number of likely N-dealkylation sites (tertiary alicyclic amines) is 1. The van der Waals surface area contributed by atoms with E-state index in [1.807, 2.05) is 0 Å². The minimum absolute atomic E-state index is 0.0831. The third-order valence-electron chi connectivity index (χ3n) is 2.88. The van der Waals surface area contributed by atoms with E-state index < -0.39 is 5.82 Å². The zero-order valence-electron chi connectivity index (χ0n) is 9.16. The van der Waals surface area contributed by atoms with Gasteiger partial charge in [0, 0.05) is 19.2 Å². The molecule has 0 saturated carbocycles. The van der Waals surface area contributed by atoms with Crippen molar-refractivity contribution in [3.05, 3.63) is 29.1 Å². The van der Waals surface area contributed by atoms with Crippen molar-refractivity contribution in [1.29, 1.82) is 0 Å². The van der Waals surface area contributed by atoms with E-state index in [9.17, 15) is 14.3 Å². The molecule has 0 radical (unpaired) electrons. The lowest BCUT2D eigenvalue weighted by Crippen LogP contribution is -2.29. The van der Waals surface area contributed by atoms with Crippen molar-refractivity contribution in [2.24, 2.45) is 0 Å². The molecule has 1 N–H and O–H groups in total. The quantitative estimate of drug-likeness (QED) is 0.791. The third-order valence-corrected chi connectivity index (χ3v) is 2.88. The molecular formula is C12H14FNO2. The average molecular weight is 223 g/mol. The van der Waals surface area contributed by atoms with Crippen molar-refractivity contribution in [3.63, 3.8) is 0 Å². The lowest BCUT2D eigenvalue weighted by atomic mass is 10.1. The smallest absolute Gasteiger partial charge is 0.257 e. The lowest BCUT2D eigenvalue weighted by Gasteiger charge is -2.17. The Balaban J connectivity index is 2.35. The Bertz CT molecular complexity index is 402. The topological polar surface area (TPSA) is 40.5 Å². The van der Waals surface area contributed by atoms with Gasteiger partial charge in [0.15, 0.2) is 0 Å². The second-order valence-corrected chi connectivity index (χ2v) is 4.12. The molecule has 1 fully saturated rings. The molecule has 0 aromatic heterocycles. The van der Waals surface area contributed by atoms with Gasteiger partial charge in [0.05, 0.1) is 5.56 Å². The van der Waals surface area contributed by atoms with Gasteiger partial charge in [-0.2, -0.15) is 0 Å². The van der Waals surface area contributed by atoms with E-state index in [4.69, 9.17) is 0 Å². The molecule has 1 aliphatic heterocycles. The number of aryl methyl sites for hydroxylation is 1. The summed E-state index contributed by atoms with van der Waals surface area (Å²) in [5.41, 5.74) is 0.564. The Hall–Kier alpha value is -1.58. The maximum atomic E-state index is 13.6. The molecule has 4 heteroatoms. The number of carbonyl (C=O) groups excluding carboxylic acids is 1. The maximum Gasteiger partial charge on any atom is 0.257 e. The fourth-order valence-corrected chi connectivity index (χ4v) is 2.08. The zero-order chi connectivity index (χ0) is 11.7. The van der Waals surface area contributed by atoms with E-state index in [2.05, 4.69) is 0 Å². The van der Waals surface area contributed by atoms with Crippen molar-refractivity contribution in [2.45, 2.75) is 19.8 Å². The van der Waals surface area contributed by atoms with Crippen LogP contribution in [-0.4, -0.2) is 29.0 Å². The molecule has 1 aromatic carbocycles. The number of aromatic hydroxyl groups is 1. The number of rotatable bonds is 1. The molecule has 0 atom stereocenters. The van der Waals surface area contributed by atoms with Crippen LogP contribution in [0.4, 0.5) is 4.39 Å². The molecule has 16 heavy (non-hydrogen) atoms. The molecule has 1 saturated heterocycles. The highest BCUT2D eigenvalue weighted by atomic mass is 19.1. The number of nitrogens with zero attached hydrogens (tertiary/aromatic N) is 1. The van der Waals surface area contributed by atoms with Crippen LogP contribution >= 0.6 is 0 Å². The van der Waals surface area contributed by atoms with E-state index in [-0.39, 0.29) is 17.2 Å². The average Bonchev–Trinajstić information content (AvgIpc) is 2.67. The van der Waals surface area contributed by atoms with Gasteiger partial charge in [-0.05, 0) is 31.4 Å². The fraction of sp³-hybridized carbons (Fsp3) is 0.417. The normalized spacial score (nSPS) is 15.5. The first kappa shape index (κ1) is 10.9. The number of halogens is 1. The van der Waals surface area contributed by atoms with Gasteiger partial charge in [-0.1, -0.05) is 0 Å². The van der Waals surface area contributed by atoms with E-state index in [1.165, 1.54) is 6.07 Å². The predicted molar refractivity (Wildman–Crippen MR) is 57.9 cm³/mol. The molecule has 0 aliphatic carbocycles. The summed E-state index contributed by atoms with van der Waals surface area (Å²) in [7, 11) is 0. The highest BCUT2D eigenvalue weighted by Gasteiger charge is 2.24. The van der Waals surface area contributed by atoms with Crippen LogP contribution in [0.5, 0.6) is 5.75 Å². The fourth-order valence-electron chi connectivity index (χ4n) is 2.08. The second kappa shape index (κ2) is 4.12. The van der Waals surface area contributed by atoms with Crippen molar-refractivity contribution in [2.75, 3.05) is 13.1 Å². The molecule has 1 amide bonds. The SMILES string of the molecule is Cc1cc(O)cc(F)c1C(=O)N1CCCC1. The number of benzene rings is 1. The van der Waals surface area contributed by atoms with Crippen molar-refractivity contribution in [3.8, 4) is 5.75 Å². The Morgan fingerprint density at radius 1 is 1.38 bits per heavy atom. The van der Waals surface area contributed by atoms with Crippen molar-refractivity contribution < 1.29 is 14.3 Å². The Kier molecular flexibility index (Phi) is 2.81.